The molecule has 0 amide bonds. The average Bonchev–Trinajstić information content (AvgIpc) is 2.84. The molecule has 5 nitrogen and oxygen atoms in total. The lowest BCUT2D eigenvalue weighted by Crippen LogP contribution is -2.50. The smallest absolute Gasteiger partial charge is 0.180 e. The van der Waals surface area contributed by atoms with E-state index in [0.717, 1.165) is 42.5 Å². The number of hydrogen-bond donors (Lipinski definition) is 2. The summed E-state index contributed by atoms with van der Waals surface area (Å²) in [6.07, 6.45) is 3.53. The fourth-order valence-electron chi connectivity index (χ4n) is 4.48. The van der Waals surface area contributed by atoms with Gasteiger partial charge in [0.15, 0.2) is 9.84 Å². The Morgan fingerprint density at radius 1 is 1.17 bits per heavy atom. The highest BCUT2D eigenvalue weighted by Crippen LogP contribution is 2.40. The van der Waals surface area contributed by atoms with Gasteiger partial charge in [0.2, 0.25) is 0 Å². The SMILES string of the molecule is CCCC[C@]1(CC)CS(=O)(=O)c2cc(CO)c(N(C)C)cc2[C@@H](c2ccccc2)N1. The summed E-state index contributed by atoms with van der Waals surface area (Å²) in [7, 11) is 0.286. The topological polar surface area (TPSA) is 69.6 Å². The van der Waals surface area contributed by atoms with Gasteiger partial charge in [-0.2, -0.15) is 0 Å². The van der Waals surface area contributed by atoms with Crippen molar-refractivity contribution in [3.8, 4) is 0 Å². The highest BCUT2D eigenvalue weighted by Gasteiger charge is 2.42. The number of nitrogens with one attached hydrogen (secondary N) is 1. The van der Waals surface area contributed by atoms with Gasteiger partial charge < -0.3 is 10.0 Å². The van der Waals surface area contributed by atoms with E-state index in [1.807, 2.05) is 43.3 Å². The normalized spacial score (nSPS) is 22.9. The van der Waals surface area contributed by atoms with E-state index in [4.69, 9.17) is 0 Å². The van der Waals surface area contributed by atoms with Crippen molar-refractivity contribution >= 4 is 15.5 Å². The molecule has 2 aromatic rings. The maximum Gasteiger partial charge on any atom is 0.180 e. The van der Waals surface area contributed by atoms with Crippen LogP contribution in [0.5, 0.6) is 0 Å². The Labute approximate surface area is 181 Å². The Morgan fingerprint density at radius 2 is 1.87 bits per heavy atom. The van der Waals surface area contributed by atoms with E-state index in [1.165, 1.54) is 0 Å². The molecule has 6 heteroatoms. The maximum absolute atomic E-state index is 13.6. The molecule has 0 aromatic heterocycles. The number of aliphatic hydroxyl groups is 1. The lowest BCUT2D eigenvalue weighted by molar-refractivity contribution is 0.281. The molecule has 0 aliphatic carbocycles. The molecule has 0 saturated heterocycles. The molecule has 2 atom stereocenters. The number of hydrogen-bond acceptors (Lipinski definition) is 5. The molecule has 3 rings (SSSR count). The quantitative estimate of drug-likeness (QED) is 0.694. The molecule has 1 heterocycles. The number of aliphatic hydroxyl groups excluding tert-OH is 1. The number of unbranched alkanes of at least 4 members (excludes halogenated alkanes) is 1. The van der Waals surface area contributed by atoms with E-state index < -0.39 is 15.4 Å². The molecule has 164 valence electrons. The number of anilines is 1. The van der Waals surface area contributed by atoms with E-state index in [0.29, 0.717) is 10.5 Å². The minimum absolute atomic E-state index is 0.0685. The third kappa shape index (κ3) is 4.41. The molecular formula is C24H34N2O3S. The van der Waals surface area contributed by atoms with Crippen molar-refractivity contribution in [2.75, 3.05) is 24.7 Å². The summed E-state index contributed by atoms with van der Waals surface area (Å²) in [5, 5.41) is 13.7. The van der Waals surface area contributed by atoms with Gasteiger partial charge in [-0.25, -0.2) is 8.42 Å². The van der Waals surface area contributed by atoms with Gasteiger partial charge in [-0.3, -0.25) is 5.32 Å². The van der Waals surface area contributed by atoms with Gasteiger partial charge in [0.25, 0.3) is 0 Å². The Balaban J connectivity index is 2.29. The lowest BCUT2D eigenvalue weighted by atomic mass is 9.87. The number of rotatable bonds is 7. The van der Waals surface area contributed by atoms with Gasteiger partial charge in [-0.05, 0) is 36.1 Å². The molecule has 1 aliphatic heterocycles. The summed E-state index contributed by atoms with van der Waals surface area (Å²) in [6, 6.07) is 13.4. The fourth-order valence-corrected chi connectivity index (χ4v) is 6.65. The molecule has 0 fully saturated rings. The van der Waals surface area contributed by atoms with Gasteiger partial charge in [-0.15, -0.1) is 0 Å². The zero-order chi connectivity index (χ0) is 21.9. The zero-order valence-corrected chi connectivity index (χ0v) is 19.3. The summed E-state index contributed by atoms with van der Waals surface area (Å²) in [5.41, 5.74) is 2.78. The molecule has 0 bridgehead atoms. The van der Waals surface area contributed by atoms with Gasteiger partial charge >= 0.3 is 0 Å². The van der Waals surface area contributed by atoms with E-state index in [2.05, 4.69) is 31.3 Å². The Morgan fingerprint density at radius 3 is 2.43 bits per heavy atom. The Kier molecular flexibility index (Phi) is 6.90. The molecule has 0 unspecified atom stereocenters. The maximum atomic E-state index is 13.6. The lowest BCUT2D eigenvalue weighted by Gasteiger charge is -2.36. The monoisotopic (exact) mass is 430 g/mol. The predicted molar refractivity (Wildman–Crippen MR) is 123 cm³/mol. The van der Waals surface area contributed by atoms with E-state index in [1.54, 1.807) is 6.07 Å². The molecule has 30 heavy (non-hydrogen) atoms. The van der Waals surface area contributed by atoms with Crippen LogP contribution in [-0.4, -0.2) is 38.9 Å². The van der Waals surface area contributed by atoms with Crippen molar-refractivity contribution < 1.29 is 13.5 Å². The summed E-state index contributed by atoms with van der Waals surface area (Å²) < 4.78 is 27.2. The van der Waals surface area contributed by atoms with E-state index in [-0.39, 0.29) is 18.4 Å². The predicted octanol–water partition coefficient (Wildman–Crippen LogP) is 4.05. The Hall–Kier alpha value is -1.89. The first kappa shape index (κ1) is 22.8. The second kappa shape index (κ2) is 9.08. The standard InChI is InChI=1S/C24H34N2O3S/c1-5-7-13-24(6-2)17-30(28,29)22-14-19(16-27)21(26(3)4)15-20(22)23(25-24)18-11-9-8-10-12-18/h8-12,14-15,23,25,27H,5-7,13,16-17H2,1-4H3/t23-,24-/m1/s1. The number of benzene rings is 2. The van der Waals surface area contributed by atoms with Crippen LogP contribution >= 0.6 is 0 Å². The first-order chi connectivity index (χ1) is 14.3. The molecule has 2 N–H and O–H groups in total. The second-order valence-corrected chi connectivity index (χ2v) is 10.5. The van der Waals surface area contributed by atoms with Crippen LogP contribution in [0.15, 0.2) is 47.4 Å². The minimum atomic E-state index is -3.54. The average molecular weight is 431 g/mol. The van der Waals surface area contributed by atoms with Gasteiger partial charge in [0.1, 0.15) is 0 Å². The minimum Gasteiger partial charge on any atom is -0.392 e. The number of nitrogens with zero attached hydrogens (tertiary/aromatic N) is 1. The van der Waals surface area contributed by atoms with E-state index >= 15 is 0 Å². The van der Waals surface area contributed by atoms with Gasteiger partial charge in [0, 0.05) is 30.9 Å². The number of sulfone groups is 1. The van der Waals surface area contributed by atoms with Crippen LogP contribution < -0.4 is 10.2 Å². The highest BCUT2D eigenvalue weighted by molar-refractivity contribution is 7.91. The van der Waals surface area contributed by atoms with Gasteiger partial charge in [-0.1, -0.05) is 57.0 Å². The molecule has 2 aromatic carbocycles. The van der Waals surface area contributed by atoms with Crippen LogP contribution in [0.4, 0.5) is 5.69 Å². The first-order valence-electron chi connectivity index (χ1n) is 10.8. The summed E-state index contributed by atoms with van der Waals surface area (Å²) in [4.78, 5) is 2.26. The first-order valence-corrected chi connectivity index (χ1v) is 12.4. The van der Waals surface area contributed by atoms with Crippen LogP contribution in [-0.2, 0) is 16.4 Å². The largest absolute Gasteiger partial charge is 0.392 e. The van der Waals surface area contributed by atoms with E-state index in [9.17, 15) is 13.5 Å². The van der Waals surface area contributed by atoms with Crippen LogP contribution in [0.1, 0.15) is 62.3 Å². The van der Waals surface area contributed by atoms with Crippen molar-refractivity contribution in [3.05, 3.63) is 59.2 Å². The second-order valence-electron chi connectivity index (χ2n) is 8.56. The Bertz CT molecular complexity index is 973. The third-order valence-corrected chi connectivity index (χ3v) is 8.20. The molecule has 0 saturated carbocycles. The molecular weight excluding hydrogens is 396 g/mol. The number of fused-ring (bicyclic) bond motifs is 1. The molecule has 0 radical (unpaired) electrons. The van der Waals surface area contributed by atoms with Crippen molar-refractivity contribution in [2.45, 2.75) is 62.6 Å². The zero-order valence-electron chi connectivity index (χ0n) is 18.5. The highest BCUT2D eigenvalue weighted by atomic mass is 32.2. The van der Waals surface area contributed by atoms with Gasteiger partial charge in [0.05, 0.1) is 23.3 Å². The van der Waals surface area contributed by atoms with Crippen LogP contribution in [0.3, 0.4) is 0 Å². The van der Waals surface area contributed by atoms with Crippen LogP contribution in [0.2, 0.25) is 0 Å². The van der Waals surface area contributed by atoms with Crippen LogP contribution in [0, 0.1) is 0 Å². The van der Waals surface area contributed by atoms with Crippen molar-refractivity contribution in [3.63, 3.8) is 0 Å². The van der Waals surface area contributed by atoms with Crippen molar-refractivity contribution in [1.82, 2.24) is 5.32 Å². The summed E-state index contributed by atoms with van der Waals surface area (Å²) in [6.45, 7) is 4.00. The summed E-state index contributed by atoms with van der Waals surface area (Å²) >= 11 is 0. The summed E-state index contributed by atoms with van der Waals surface area (Å²) in [5.74, 6) is 0.0685. The van der Waals surface area contributed by atoms with Crippen LogP contribution in [0.25, 0.3) is 0 Å². The van der Waals surface area contributed by atoms with Crippen molar-refractivity contribution in [1.29, 1.82) is 0 Å². The fraction of sp³-hybridized carbons (Fsp3) is 0.500. The third-order valence-electron chi connectivity index (χ3n) is 6.24. The molecule has 0 spiro atoms. The van der Waals surface area contributed by atoms with Crippen molar-refractivity contribution in [2.24, 2.45) is 0 Å². The molecule has 1 aliphatic rings.